The van der Waals surface area contributed by atoms with E-state index in [0.29, 0.717) is 0 Å². The van der Waals surface area contributed by atoms with Crippen molar-refractivity contribution in [2.24, 2.45) is 0 Å². The number of fused-ring (bicyclic) bond motifs is 1. The van der Waals surface area contributed by atoms with E-state index in [1.807, 2.05) is 13.0 Å². The van der Waals surface area contributed by atoms with Crippen molar-refractivity contribution in [2.45, 2.75) is 19.9 Å². The van der Waals surface area contributed by atoms with Gasteiger partial charge in [-0.1, -0.05) is 18.2 Å². The highest BCUT2D eigenvalue weighted by Crippen LogP contribution is 2.16. The zero-order chi connectivity index (χ0) is 11.2. The van der Waals surface area contributed by atoms with Crippen molar-refractivity contribution in [1.82, 2.24) is 10.3 Å². The molecule has 2 nitrogen and oxygen atoms in total. The first-order chi connectivity index (χ1) is 7.92. The lowest BCUT2D eigenvalue weighted by molar-refractivity contribution is 0.704. The molecule has 0 aliphatic heterocycles. The molecule has 2 N–H and O–H groups in total. The van der Waals surface area contributed by atoms with E-state index in [9.17, 15) is 0 Å². The molecule has 0 aliphatic carbocycles. The van der Waals surface area contributed by atoms with Crippen LogP contribution in [0.4, 0.5) is 0 Å². The average Bonchev–Trinajstić information content (AvgIpc) is 2.73. The first kappa shape index (κ1) is 10.8. The number of hydrogen-bond acceptors (Lipinski definition) is 1. The Labute approximate surface area is 96.1 Å². The lowest BCUT2D eigenvalue weighted by Gasteiger charge is -2.00. The molecule has 0 saturated carbocycles. The molecule has 0 fully saturated rings. The van der Waals surface area contributed by atoms with Gasteiger partial charge in [-0.2, -0.15) is 0 Å². The fourth-order valence-corrected chi connectivity index (χ4v) is 1.78. The number of H-pyrrole nitrogens is 1. The molecule has 2 heteroatoms. The van der Waals surface area contributed by atoms with E-state index >= 15 is 0 Å². The third-order valence-corrected chi connectivity index (χ3v) is 2.59. The predicted octanol–water partition coefficient (Wildman–Crippen LogP) is 2.67. The SMILES string of the molecule is CC#CCCNCc1c[nH]c2ccccc12. The fourth-order valence-electron chi connectivity index (χ4n) is 1.78. The molecule has 0 atom stereocenters. The van der Waals surface area contributed by atoms with Crippen LogP contribution in [0.15, 0.2) is 30.5 Å². The van der Waals surface area contributed by atoms with Crippen LogP contribution in [0.3, 0.4) is 0 Å². The molecule has 1 aromatic carbocycles. The summed E-state index contributed by atoms with van der Waals surface area (Å²) in [7, 11) is 0. The van der Waals surface area contributed by atoms with Crippen molar-refractivity contribution < 1.29 is 0 Å². The Morgan fingerprint density at radius 3 is 3.06 bits per heavy atom. The van der Waals surface area contributed by atoms with Gasteiger partial charge < -0.3 is 10.3 Å². The summed E-state index contributed by atoms with van der Waals surface area (Å²) >= 11 is 0. The lowest BCUT2D eigenvalue weighted by atomic mass is 10.2. The summed E-state index contributed by atoms with van der Waals surface area (Å²) in [5, 5.41) is 4.69. The van der Waals surface area contributed by atoms with Gasteiger partial charge in [0.25, 0.3) is 0 Å². The highest BCUT2D eigenvalue weighted by atomic mass is 14.9. The minimum absolute atomic E-state index is 0.898. The summed E-state index contributed by atoms with van der Waals surface area (Å²) in [5.41, 5.74) is 2.52. The van der Waals surface area contributed by atoms with Gasteiger partial charge >= 0.3 is 0 Å². The van der Waals surface area contributed by atoms with E-state index in [1.165, 1.54) is 16.5 Å². The summed E-state index contributed by atoms with van der Waals surface area (Å²) in [5.74, 6) is 5.94. The number of aromatic nitrogens is 1. The molecule has 0 spiro atoms. The smallest absolute Gasteiger partial charge is 0.0457 e. The molecule has 0 bridgehead atoms. The van der Waals surface area contributed by atoms with Gasteiger partial charge in [-0.3, -0.25) is 0 Å². The highest BCUT2D eigenvalue weighted by molar-refractivity contribution is 5.82. The van der Waals surface area contributed by atoms with Crippen molar-refractivity contribution in [3.63, 3.8) is 0 Å². The molecule has 82 valence electrons. The van der Waals surface area contributed by atoms with Gasteiger partial charge in [0.2, 0.25) is 0 Å². The maximum Gasteiger partial charge on any atom is 0.0457 e. The minimum Gasteiger partial charge on any atom is -0.361 e. The summed E-state index contributed by atoms with van der Waals surface area (Å²) in [6, 6.07) is 8.37. The average molecular weight is 212 g/mol. The van der Waals surface area contributed by atoms with Crippen molar-refractivity contribution in [2.75, 3.05) is 6.54 Å². The molecule has 0 radical (unpaired) electrons. The minimum atomic E-state index is 0.898. The highest BCUT2D eigenvalue weighted by Gasteiger charge is 2.00. The Bertz CT molecular complexity index is 514. The normalized spacial score (nSPS) is 10.1. The van der Waals surface area contributed by atoms with E-state index in [0.717, 1.165) is 19.5 Å². The summed E-state index contributed by atoms with van der Waals surface area (Å²) in [4.78, 5) is 3.27. The Hall–Kier alpha value is -1.72. The van der Waals surface area contributed by atoms with E-state index in [2.05, 4.69) is 46.5 Å². The van der Waals surface area contributed by atoms with Gasteiger partial charge in [0.15, 0.2) is 0 Å². The first-order valence-corrected chi connectivity index (χ1v) is 5.57. The van der Waals surface area contributed by atoms with Crippen LogP contribution in [0, 0.1) is 11.8 Å². The number of rotatable bonds is 4. The second-order valence-electron chi connectivity index (χ2n) is 3.71. The van der Waals surface area contributed by atoms with Gasteiger partial charge in [0.05, 0.1) is 0 Å². The summed E-state index contributed by atoms with van der Waals surface area (Å²) in [6.07, 6.45) is 2.99. The molecule has 1 aromatic heterocycles. The van der Waals surface area contributed by atoms with Gasteiger partial charge in [-0.25, -0.2) is 0 Å². The van der Waals surface area contributed by atoms with Crippen LogP contribution < -0.4 is 5.32 Å². The zero-order valence-corrected chi connectivity index (χ0v) is 9.51. The van der Waals surface area contributed by atoms with Crippen LogP contribution >= 0.6 is 0 Å². The summed E-state index contributed by atoms with van der Waals surface area (Å²) in [6.45, 7) is 3.72. The van der Waals surface area contributed by atoms with Crippen LogP contribution in [0.2, 0.25) is 0 Å². The van der Waals surface area contributed by atoms with Crippen molar-refractivity contribution in [3.8, 4) is 11.8 Å². The van der Waals surface area contributed by atoms with Crippen molar-refractivity contribution in [1.29, 1.82) is 0 Å². The molecule has 16 heavy (non-hydrogen) atoms. The van der Waals surface area contributed by atoms with Gasteiger partial charge in [0.1, 0.15) is 0 Å². The van der Waals surface area contributed by atoms with Crippen LogP contribution in [0.1, 0.15) is 18.9 Å². The second kappa shape index (κ2) is 5.39. The van der Waals surface area contributed by atoms with Crippen molar-refractivity contribution >= 4 is 10.9 Å². The fraction of sp³-hybridized carbons (Fsp3) is 0.286. The maximum absolute atomic E-state index is 3.39. The maximum atomic E-state index is 3.39. The lowest BCUT2D eigenvalue weighted by Crippen LogP contribution is -2.13. The quantitative estimate of drug-likeness (QED) is 0.592. The molecule has 0 unspecified atom stereocenters. The van der Waals surface area contributed by atoms with Crippen LogP contribution in [-0.4, -0.2) is 11.5 Å². The van der Waals surface area contributed by atoms with E-state index in [1.54, 1.807) is 0 Å². The Kier molecular flexibility index (Phi) is 3.63. The van der Waals surface area contributed by atoms with Crippen LogP contribution in [-0.2, 0) is 6.54 Å². The van der Waals surface area contributed by atoms with Crippen molar-refractivity contribution in [3.05, 3.63) is 36.0 Å². The third kappa shape index (κ3) is 2.44. The molecule has 0 amide bonds. The van der Waals surface area contributed by atoms with Crippen LogP contribution in [0.5, 0.6) is 0 Å². The zero-order valence-electron chi connectivity index (χ0n) is 9.51. The predicted molar refractivity (Wildman–Crippen MR) is 68.1 cm³/mol. The Morgan fingerprint density at radius 2 is 2.19 bits per heavy atom. The Morgan fingerprint density at radius 1 is 1.31 bits per heavy atom. The molecular weight excluding hydrogens is 196 g/mol. The molecular formula is C14H16N2. The molecule has 2 rings (SSSR count). The Balaban J connectivity index is 1.96. The number of para-hydroxylation sites is 1. The van der Waals surface area contributed by atoms with E-state index in [-0.39, 0.29) is 0 Å². The topological polar surface area (TPSA) is 27.8 Å². The second-order valence-corrected chi connectivity index (χ2v) is 3.71. The molecule has 0 aliphatic rings. The number of aromatic amines is 1. The van der Waals surface area contributed by atoms with E-state index in [4.69, 9.17) is 0 Å². The molecule has 2 aromatic rings. The number of benzene rings is 1. The van der Waals surface area contributed by atoms with Gasteiger partial charge in [0, 0.05) is 36.6 Å². The number of nitrogens with one attached hydrogen (secondary N) is 2. The summed E-state index contributed by atoms with van der Waals surface area (Å²) < 4.78 is 0. The standard InChI is InChI=1S/C14H16N2/c1-2-3-6-9-15-10-12-11-16-14-8-5-4-7-13(12)14/h4-5,7-8,11,15-16H,6,9-10H2,1H3. The molecule has 0 saturated heterocycles. The van der Waals surface area contributed by atoms with Gasteiger partial charge in [-0.05, 0) is 18.6 Å². The number of hydrogen-bond donors (Lipinski definition) is 2. The van der Waals surface area contributed by atoms with Crippen LogP contribution in [0.25, 0.3) is 10.9 Å². The van der Waals surface area contributed by atoms with Gasteiger partial charge in [-0.15, -0.1) is 11.8 Å². The first-order valence-electron chi connectivity index (χ1n) is 5.57. The monoisotopic (exact) mass is 212 g/mol. The van der Waals surface area contributed by atoms with E-state index < -0.39 is 0 Å². The third-order valence-electron chi connectivity index (χ3n) is 2.59. The largest absolute Gasteiger partial charge is 0.361 e. The molecule has 1 heterocycles.